The number of anilines is 1. The standard InChI is InChI=1S/C20H18N2O/c21-22-20-9-5-4-8-18(20)19(16-6-2-1-3-7-16)14-15-10-12-17(23)13-11-15/h1-14,22-23H,21H2. The van der Waals surface area contributed by atoms with Crippen molar-refractivity contribution < 1.29 is 5.11 Å². The minimum absolute atomic E-state index is 0.257. The van der Waals surface area contributed by atoms with Crippen LogP contribution in [0, 0.1) is 0 Å². The first kappa shape index (κ1) is 14.9. The van der Waals surface area contributed by atoms with E-state index in [0.717, 1.165) is 28.0 Å². The van der Waals surface area contributed by atoms with Gasteiger partial charge in [-0.25, -0.2) is 0 Å². The third kappa shape index (κ3) is 3.42. The van der Waals surface area contributed by atoms with Gasteiger partial charge in [-0.2, -0.15) is 0 Å². The van der Waals surface area contributed by atoms with Crippen molar-refractivity contribution in [2.75, 3.05) is 5.43 Å². The average Bonchev–Trinajstić information content (AvgIpc) is 2.62. The van der Waals surface area contributed by atoms with Gasteiger partial charge in [0.25, 0.3) is 0 Å². The van der Waals surface area contributed by atoms with Crippen LogP contribution >= 0.6 is 0 Å². The molecule has 0 spiro atoms. The highest BCUT2D eigenvalue weighted by atomic mass is 16.3. The lowest BCUT2D eigenvalue weighted by Crippen LogP contribution is -2.09. The second-order valence-electron chi connectivity index (χ2n) is 5.21. The third-order valence-electron chi connectivity index (χ3n) is 3.66. The maximum atomic E-state index is 9.46. The van der Waals surface area contributed by atoms with Crippen molar-refractivity contribution in [1.29, 1.82) is 0 Å². The zero-order chi connectivity index (χ0) is 16.1. The molecule has 0 heterocycles. The molecular formula is C20H18N2O. The first-order valence-electron chi connectivity index (χ1n) is 7.40. The van der Waals surface area contributed by atoms with Crippen molar-refractivity contribution >= 4 is 17.3 Å². The molecule has 0 bridgehead atoms. The number of para-hydroxylation sites is 1. The average molecular weight is 302 g/mol. The van der Waals surface area contributed by atoms with Crippen LogP contribution in [0.2, 0.25) is 0 Å². The number of benzene rings is 3. The molecule has 3 aromatic rings. The van der Waals surface area contributed by atoms with Crippen molar-refractivity contribution in [3.05, 3.63) is 95.6 Å². The highest BCUT2D eigenvalue weighted by Gasteiger charge is 2.09. The van der Waals surface area contributed by atoms with Crippen LogP contribution in [0.25, 0.3) is 11.6 Å². The molecule has 0 aliphatic heterocycles. The lowest BCUT2D eigenvalue weighted by Gasteiger charge is -2.13. The Morgan fingerprint density at radius 2 is 1.48 bits per heavy atom. The molecule has 0 aliphatic rings. The first-order valence-corrected chi connectivity index (χ1v) is 7.40. The number of phenolic OH excluding ortho intramolecular Hbond substituents is 1. The summed E-state index contributed by atoms with van der Waals surface area (Å²) in [6, 6.07) is 25.2. The molecule has 0 fully saturated rings. The Morgan fingerprint density at radius 1 is 0.826 bits per heavy atom. The predicted molar refractivity (Wildman–Crippen MR) is 95.8 cm³/mol. The van der Waals surface area contributed by atoms with E-state index in [0.29, 0.717) is 0 Å². The largest absolute Gasteiger partial charge is 0.508 e. The summed E-state index contributed by atoms with van der Waals surface area (Å²) in [6.45, 7) is 0. The molecule has 3 rings (SSSR count). The van der Waals surface area contributed by atoms with Crippen molar-refractivity contribution in [1.82, 2.24) is 0 Å². The van der Waals surface area contributed by atoms with Gasteiger partial charge in [-0.1, -0.05) is 60.7 Å². The fourth-order valence-corrected chi connectivity index (χ4v) is 2.52. The zero-order valence-corrected chi connectivity index (χ0v) is 12.6. The summed E-state index contributed by atoms with van der Waals surface area (Å²) in [6.07, 6.45) is 2.09. The summed E-state index contributed by atoms with van der Waals surface area (Å²) >= 11 is 0. The first-order chi connectivity index (χ1) is 11.3. The van der Waals surface area contributed by atoms with Gasteiger partial charge in [0.1, 0.15) is 5.75 Å². The molecule has 0 aromatic heterocycles. The Bertz CT molecular complexity index is 809. The monoisotopic (exact) mass is 302 g/mol. The van der Waals surface area contributed by atoms with E-state index in [1.807, 2.05) is 54.6 Å². The molecule has 3 nitrogen and oxygen atoms in total. The fraction of sp³-hybridized carbons (Fsp3) is 0. The van der Waals surface area contributed by atoms with Gasteiger partial charge in [-0.05, 0) is 41.0 Å². The normalized spacial score (nSPS) is 11.3. The molecule has 114 valence electrons. The van der Waals surface area contributed by atoms with Crippen LogP contribution in [0.15, 0.2) is 78.9 Å². The SMILES string of the molecule is NNc1ccccc1C(=Cc1ccc(O)cc1)c1ccccc1. The highest BCUT2D eigenvalue weighted by molar-refractivity contribution is 5.95. The van der Waals surface area contributed by atoms with Gasteiger partial charge in [0.2, 0.25) is 0 Å². The second kappa shape index (κ2) is 6.81. The van der Waals surface area contributed by atoms with Crippen molar-refractivity contribution in [3.8, 4) is 5.75 Å². The van der Waals surface area contributed by atoms with Crippen LogP contribution in [-0.4, -0.2) is 5.11 Å². The van der Waals surface area contributed by atoms with E-state index in [1.54, 1.807) is 12.1 Å². The van der Waals surface area contributed by atoms with Gasteiger partial charge in [-0.3, -0.25) is 5.84 Å². The van der Waals surface area contributed by atoms with E-state index in [4.69, 9.17) is 5.84 Å². The number of nitrogens with one attached hydrogen (secondary N) is 1. The summed E-state index contributed by atoms with van der Waals surface area (Å²) in [5.41, 5.74) is 7.81. The van der Waals surface area contributed by atoms with Gasteiger partial charge in [0, 0.05) is 5.56 Å². The molecule has 0 amide bonds. The van der Waals surface area contributed by atoms with E-state index >= 15 is 0 Å². The number of phenols is 1. The number of rotatable bonds is 4. The van der Waals surface area contributed by atoms with Crippen LogP contribution in [0.5, 0.6) is 5.75 Å². The number of hydrogen-bond acceptors (Lipinski definition) is 3. The van der Waals surface area contributed by atoms with Crippen molar-refractivity contribution in [2.24, 2.45) is 5.84 Å². The molecule has 0 unspecified atom stereocenters. The van der Waals surface area contributed by atoms with E-state index in [2.05, 4.69) is 23.6 Å². The molecule has 0 saturated carbocycles. The summed E-state index contributed by atoms with van der Waals surface area (Å²) in [5.74, 6) is 5.93. The predicted octanol–water partition coefficient (Wildman–Crippen LogP) is 4.27. The van der Waals surface area contributed by atoms with Gasteiger partial charge < -0.3 is 10.5 Å². The van der Waals surface area contributed by atoms with Gasteiger partial charge in [-0.15, -0.1) is 0 Å². The third-order valence-corrected chi connectivity index (χ3v) is 3.66. The molecule has 0 atom stereocenters. The van der Waals surface area contributed by atoms with E-state index in [-0.39, 0.29) is 5.75 Å². The summed E-state index contributed by atoms with van der Waals surface area (Å²) in [4.78, 5) is 0. The summed E-state index contributed by atoms with van der Waals surface area (Å²) in [7, 11) is 0. The van der Waals surface area contributed by atoms with E-state index in [1.165, 1.54) is 0 Å². The van der Waals surface area contributed by atoms with Gasteiger partial charge in [0.05, 0.1) is 5.69 Å². The number of nitrogens with two attached hydrogens (primary N) is 1. The molecule has 0 saturated heterocycles. The lowest BCUT2D eigenvalue weighted by atomic mass is 9.94. The molecule has 0 radical (unpaired) electrons. The molecule has 0 aliphatic carbocycles. The van der Waals surface area contributed by atoms with Crippen LogP contribution < -0.4 is 11.3 Å². The summed E-state index contributed by atoms with van der Waals surface area (Å²) < 4.78 is 0. The van der Waals surface area contributed by atoms with Crippen molar-refractivity contribution in [3.63, 3.8) is 0 Å². The van der Waals surface area contributed by atoms with Gasteiger partial charge >= 0.3 is 0 Å². The molecule has 3 aromatic carbocycles. The Labute approximate surface area is 135 Å². The molecular weight excluding hydrogens is 284 g/mol. The Balaban J connectivity index is 2.16. The number of nitrogen functional groups attached to an aromatic ring is 1. The molecule has 4 N–H and O–H groups in total. The minimum atomic E-state index is 0.257. The maximum Gasteiger partial charge on any atom is 0.115 e. The molecule has 23 heavy (non-hydrogen) atoms. The van der Waals surface area contributed by atoms with E-state index < -0.39 is 0 Å². The fourth-order valence-electron chi connectivity index (χ4n) is 2.52. The number of hydrogen-bond donors (Lipinski definition) is 3. The Kier molecular flexibility index (Phi) is 4.41. The Morgan fingerprint density at radius 3 is 2.17 bits per heavy atom. The summed E-state index contributed by atoms with van der Waals surface area (Å²) in [5, 5.41) is 9.46. The number of hydrazine groups is 1. The lowest BCUT2D eigenvalue weighted by molar-refractivity contribution is 0.475. The van der Waals surface area contributed by atoms with Crippen LogP contribution in [0.3, 0.4) is 0 Å². The van der Waals surface area contributed by atoms with Crippen LogP contribution in [0.4, 0.5) is 5.69 Å². The quantitative estimate of drug-likeness (QED) is 0.383. The number of aromatic hydroxyl groups is 1. The van der Waals surface area contributed by atoms with Crippen molar-refractivity contribution in [2.45, 2.75) is 0 Å². The maximum absolute atomic E-state index is 9.46. The van der Waals surface area contributed by atoms with E-state index in [9.17, 15) is 5.11 Å². The topological polar surface area (TPSA) is 58.3 Å². The minimum Gasteiger partial charge on any atom is -0.508 e. The van der Waals surface area contributed by atoms with Crippen LogP contribution in [0.1, 0.15) is 16.7 Å². The molecule has 3 heteroatoms. The Hall–Kier alpha value is -3.04. The smallest absolute Gasteiger partial charge is 0.115 e. The second-order valence-corrected chi connectivity index (χ2v) is 5.21. The van der Waals surface area contributed by atoms with Gasteiger partial charge in [0.15, 0.2) is 0 Å². The highest BCUT2D eigenvalue weighted by Crippen LogP contribution is 2.31. The zero-order valence-electron chi connectivity index (χ0n) is 12.6. The van der Waals surface area contributed by atoms with Crippen LogP contribution in [-0.2, 0) is 0 Å².